The molecule has 0 radical (unpaired) electrons. The monoisotopic (exact) mass is 148 g/mol. The number of hydrogen-bond donors (Lipinski definition) is 4. The van der Waals surface area contributed by atoms with E-state index in [9.17, 15) is 0 Å². The van der Waals surface area contributed by atoms with Crippen molar-refractivity contribution in [2.45, 2.75) is 24.7 Å². The van der Waals surface area contributed by atoms with Crippen LogP contribution in [0.1, 0.15) is 6.42 Å². The Labute approximate surface area is 58.7 Å². The third kappa shape index (κ3) is 1.03. The Balaban J connectivity index is 2.34. The lowest BCUT2D eigenvalue weighted by Gasteiger charge is -2.42. The standard InChI is InChI=1S/C6H12O4/c7-2-1-3-4(8)6(10)5(3)9/h3-10H,1-2H2/t3?,4-,5-,6?/m0/s1. The molecular formula is C6H12O4. The van der Waals surface area contributed by atoms with E-state index in [1.54, 1.807) is 0 Å². The van der Waals surface area contributed by atoms with Gasteiger partial charge in [-0.25, -0.2) is 0 Å². The molecule has 0 bridgehead atoms. The molecule has 60 valence electrons. The van der Waals surface area contributed by atoms with E-state index in [-0.39, 0.29) is 12.5 Å². The summed E-state index contributed by atoms with van der Waals surface area (Å²) in [5, 5.41) is 35.1. The van der Waals surface area contributed by atoms with E-state index >= 15 is 0 Å². The van der Waals surface area contributed by atoms with Crippen LogP contribution in [0.15, 0.2) is 0 Å². The molecule has 2 atom stereocenters. The number of aliphatic hydroxyl groups excluding tert-OH is 4. The summed E-state index contributed by atoms with van der Waals surface area (Å²) in [5.41, 5.74) is 0. The van der Waals surface area contributed by atoms with Crippen LogP contribution < -0.4 is 0 Å². The summed E-state index contributed by atoms with van der Waals surface area (Å²) in [6.45, 7) is -0.0640. The fourth-order valence-electron chi connectivity index (χ4n) is 1.26. The fourth-order valence-corrected chi connectivity index (χ4v) is 1.26. The van der Waals surface area contributed by atoms with Crippen molar-refractivity contribution >= 4 is 0 Å². The Morgan fingerprint density at radius 3 is 1.80 bits per heavy atom. The summed E-state index contributed by atoms with van der Waals surface area (Å²) in [6, 6.07) is 0. The van der Waals surface area contributed by atoms with Crippen LogP contribution in [-0.2, 0) is 0 Å². The summed E-state index contributed by atoms with van der Waals surface area (Å²) in [5.74, 6) is -0.347. The topological polar surface area (TPSA) is 80.9 Å². The molecule has 1 aliphatic rings. The van der Waals surface area contributed by atoms with Gasteiger partial charge in [0, 0.05) is 12.5 Å². The molecule has 1 saturated carbocycles. The lowest BCUT2D eigenvalue weighted by atomic mass is 9.74. The third-order valence-electron chi connectivity index (χ3n) is 2.04. The highest BCUT2D eigenvalue weighted by Gasteiger charge is 2.47. The Morgan fingerprint density at radius 2 is 1.40 bits per heavy atom. The van der Waals surface area contributed by atoms with Gasteiger partial charge in [0.1, 0.15) is 6.10 Å². The van der Waals surface area contributed by atoms with Gasteiger partial charge in [0.15, 0.2) is 0 Å². The smallest absolute Gasteiger partial charge is 0.106 e. The number of hydrogen-bond acceptors (Lipinski definition) is 4. The van der Waals surface area contributed by atoms with E-state index in [0.29, 0.717) is 6.42 Å². The van der Waals surface area contributed by atoms with Gasteiger partial charge in [0.25, 0.3) is 0 Å². The van der Waals surface area contributed by atoms with Gasteiger partial charge in [0.05, 0.1) is 12.2 Å². The average molecular weight is 148 g/mol. The molecule has 0 amide bonds. The molecular weight excluding hydrogens is 136 g/mol. The minimum Gasteiger partial charge on any atom is -0.396 e. The van der Waals surface area contributed by atoms with Crippen LogP contribution in [0.3, 0.4) is 0 Å². The van der Waals surface area contributed by atoms with Gasteiger partial charge in [-0.1, -0.05) is 0 Å². The summed E-state index contributed by atoms with van der Waals surface area (Å²) in [6.07, 6.45) is -2.39. The van der Waals surface area contributed by atoms with Crippen LogP contribution >= 0.6 is 0 Å². The quantitative estimate of drug-likeness (QED) is 0.368. The molecule has 0 spiro atoms. The van der Waals surface area contributed by atoms with Crippen molar-refractivity contribution in [3.05, 3.63) is 0 Å². The van der Waals surface area contributed by atoms with Crippen LogP contribution in [0.25, 0.3) is 0 Å². The SMILES string of the molecule is OCCC1[C@H](O)C(O)[C@H]1O. The largest absolute Gasteiger partial charge is 0.396 e. The van der Waals surface area contributed by atoms with E-state index in [1.807, 2.05) is 0 Å². The van der Waals surface area contributed by atoms with Crippen molar-refractivity contribution < 1.29 is 20.4 Å². The van der Waals surface area contributed by atoms with Gasteiger partial charge in [0.2, 0.25) is 0 Å². The summed E-state index contributed by atoms with van der Waals surface area (Å²) in [7, 11) is 0. The minimum absolute atomic E-state index is 0.0640. The van der Waals surface area contributed by atoms with Crippen molar-refractivity contribution in [3.63, 3.8) is 0 Å². The van der Waals surface area contributed by atoms with Crippen molar-refractivity contribution in [1.82, 2.24) is 0 Å². The Kier molecular flexibility index (Phi) is 2.25. The van der Waals surface area contributed by atoms with Gasteiger partial charge >= 0.3 is 0 Å². The molecule has 1 aliphatic carbocycles. The second-order valence-corrected chi connectivity index (χ2v) is 2.65. The Hall–Kier alpha value is -0.160. The zero-order chi connectivity index (χ0) is 7.72. The number of aliphatic hydroxyl groups is 4. The summed E-state index contributed by atoms with van der Waals surface area (Å²) >= 11 is 0. The first-order valence-electron chi connectivity index (χ1n) is 3.33. The van der Waals surface area contributed by atoms with E-state index < -0.39 is 18.3 Å². The molecule has 0 heterocycles. The summed E-state index contributed by atoms with van der Waals surface area (Å²) in [4.78, 5) is 0. The predicted octanol–water partition coefficient (Wildman–Crippen LogP) is -1.92. The van der Waals surface area contributed by atoms with E-state index in [2.05, 4.69) is 0 Å². The van der Waals surface area contributed by atoms with Crippen molar-refractivity contribution in [1.29, 1.82) is 0 Å². The number of rotatable bonds is 2. The highest BCUT2D eigenvalue weighted by Crippen LogP contribution is 2.30. The van der Waals surface area contributed by atoms with Crippen molar-refractivity contribution in [2.75, 3.05) is 6.61 Å². The van der Waals surface area contributed by atoms with Gasteiger partial charge < -0.3 is 20.4 Å². The first-order valence-corrected chi connectivity index (χ1v) is 3.33. The lowest BCUT2D eigenvalue weighted by molar-refractivity contribution is -0.195. The van der Waals surface area contributed by atoms with Gasteiger partial charge in [-0.3, -0.25) is 0 Å². The molecule has 1 rings (SSSR count). The molecule has 1 fully saturated rings. The third-order valence-corrected chi connectivity index (χ3v) is 2.04. The molecule has 4 N–H and O–H groups in total. The molecule has 4 heteroatoms. The van der Waals surface area contributed by atoms with Crippen LogP contribution in [0.5, 0.6) is 0 Å². The molecule has 0 aliphatic heterocycles. The van der Waals surface area contributed by atoms with Crippen LogP contribution in [0.2, 0.25) is 0 Å². The van der Waals surface area contributed by atoms with Gasteiger partial charge in [-0.15, -0.1) is 0 Å². The normalized spacial score (nSPS) is 46.8. The lowest BCUT2D eigenvalue weighted by Crippen LogP contribution is -2.59. The molecule has 0 aromatic rings. The second-order valence-electron chi connectivity index (χ2n) is 2.65. The van der Waals surface area contributed by atoms with E-state index in [1.165, 1.54) is 0 Å². The van der Waals surface area contributed by atoms with Crippen LogP contribution in [0.4, 0.5) is 0 Å². The van der Waals surface area contributed by atoms with Crippen LogP contribution in [0, 0.1) is 5.92 Å². The Morgan fingerprint density at radius 1 is 0.900 bits per heavy atom. The van der Waals surface area contributed by atoms with Crippen molar-refractivity contribution in [2.24, 2.45) is 5.92 Å². The first-order chi connectivity index (χ1) is 4.68. The average Bonchev–Trinajstić information content (AvgIpc) is 1.98. The highest BCUT2D eigenvalue weighted by atomic mass is 16.4. The molecule has 0 aromatic carbocycles. The van der Waals surface area contributed by atoms with Gasteiger partial charge in [-0.2, -0.15) is 0 Å². The second kappa shape index (κ2) is 2.84. The van der Waals surface area contributed by atoms with E-state index in [0.717, 1.165) is 0 Å². The zero-order valence-electron chi connectivity index (χ0n) is 5.51. The maximum Gasteiger partial charge on any atom is 0.106 e. The van der Waals surface area contributed by atoms with Crippen molar-refractivity contribution in [3.8, 4) is 0 Å². The zero-order valence-corrected chi connectivity index (χ0v) is 5.51. The van der Waals surface area contributed by atoms with Gasteiger partial charge in [-0.05, 0) is 6.42 Å². The molecule has 0 aromatic heterocycles. The maximum absolute atomic E-state index is 8.96. The summed E-state index contributed by atoms with van der Waals surface area (Å²) < 4.78 is 0. The highest BCUT2D eigenvalue weighted by molar-refractivity contribution is 4.97. The minimum atomic E-state index is -1.02. The predicted molar refractivity (Wildman–Crippen MR) is 33.2 cm³/mol. The Bertz CT molecular complexity index is 106. The first kappa shape index (κ1) is 7.94. The molecule has 4 nitrogen and oxygen atoms in total. The molecule has 0 unspecified atom stereocenters. The van der Waals surface area contributed by atoms with E-state index in [4.69, 9.17) is 20.4 Å². The molecule has 0 saturated heterocycles. The van der Waals surface area contributed by atoms with Crippen LogP contribution in [-0.4, -0.2) is 45.3 Å². The fraction of sp³-hybridized carbons (Fsp3) is 1.00. The maximum atomic E-state index is 8.96. The molecule has 10 heavy (non-hydrogen) atoms.